The molecule has 0 spiro atoms. The van der Waals surface area contributed by atoms with Gasteiger partial charge >= 0.3 is 0 Å². The first-order valence-corrected chi connectivity index (χ1v) is 7.43. The number of hydrogen-bond donors (Lipinski definition) is 1. The van der Waals surface area contributed by atoms with Gasteiger partial charge in [0.25, 0.3) is 0 Å². The Morgan fingerprint density at radius 3 is 2.72 bits per heavy atom. The van der Waals surface area contributed by atoms with Crippen molar-refractivity contribution in [1.29, 1.82) is 0 Å². The summed E-state index contributed by atoms with van der Waals surface area (Å²) in [4.78, 5) is 0. The van der Waals surface area contributed by atoms with E-state index in [4.69, 9.17) is 10.5 Å². The van der Waals surface area contributed by atoms with Gasteiger partial charge in [-0.2, -0.15) is 0 Å². The van der Waals surface area contributed by atoms with E-state index < -0.39 is 0 Å². The maximum absolute atomic E-state index is 6.10. The van der Waals surface area contributed by atoms with Crippen LogP contribution >= 0.6 is 11.3 Å². The van der Waals surface area contributed by atoms with Crippen LogP contribution in [0.2, 0.25) is 0 Å². The predicted octanol–water partition coefficient (Wildman–Crippen LogP) is 3.68. The SMILES string of the molecule is COc1ccc(C2(CN)CCCC2)c2ccsc12. The Morgan fingerprint density at radius 2 is 2.06 bits per heavy atom. The van der Waals surface area contributed by atoms with Gasteiger partial charge in [-0.3, -0.25) is 0 Å². The van der Waals surface area contributed by atoms with Crippen molar-refractivity contribution in [2.75, 3.05) is 13.7 Å². The third kappa shape index (κ3) is 1.65. The lowest BCUT2D eigenvalue weighted by Crippen LogP contribution is -2.32. The van der Waals surface area contributed by atoms with Crippen LogP contribution in [0.25, 0.3) is 10.1 Å². The topological polar surface area (TPSA) is 35.2 Å². The first kappa shape index (κ1) is 12.0. The summed E-state index contributed by atoms with van der Waals surface area (Å²) in [6.07, 6.45) is 5.05. The van der Waals surface area contributed by atoms with Crippen molar-refractivity contribution in [1.82, 2.24) is 0 Å². The van der Waals surface area contributed by atoms with Crippen LogP contribution in [0.15, 0.2) is 23.6 Å². The van der Waals surface area contributed by atoms with Crippen molar-refractivity contribution >= 4 is 21.4 Å². The fourth-order valence-corrected chi connectivity index (χ4v) is 4.21. The molecule has 2 aromatic rings. The molecule has 3 heteroatoms. The monoisotopic (exact) mass is 261 g/mol. The highest BCUT2D eigenvalue weighted by Crippen LogP contribution is 2.45. The maximum atomic E-state index is 6.10. The Balaban J connectivity index is 2.20. The number of hydrogen-bond acceptors (Lipinski definition) is 3. The molecule has 18 heavy (non-hydrogen) atoms. The summed E-state index contributed by atoms with van der Waals surface area (Å²) in [5, 5.41) is 3.49. The lowest BCUT2D eigenvalue weighted by Gasteiger charge is -2.29. The zero-order valence-corrected chi connectivity index (χ0v) is 11.6. The first-order chi connectivity index (χ1) is 8.80. The fraction of sp³-hybridized carbons (Fsp3) is 0.467. The summed E-state index contributed by atoms with van der Waals surface area (Å²) in [6.45, 7) is 0.754. The molecule has 0 amide bonds. The van der Waals surface area contributed by atoms with Gasteiger partial charge in [-0.25, -0.2) is 0 Å². The van der Waals surface area contributed by atoms with Crippen LogP contribution in [-0.2, 0) is 5.41 Å². The molecule has 2 N–H and O–H groups in total. The number of ether oxygens (including phenoxy) is 1. The first-order valence-electron chi connectivity index (χ1n) is 6.55. The van der Waals surface area contributed by atoms with Crippen molar-refractivity contribution in [3.8, 4) is 5.75 Å². The molecule has 0 unspecified atom stereocenters. The van der Waals surface area contributed by atoms with E-state index in [9.17, 15) is 0 Å². The van der Waals surface area contributed by atoms with Crippen molar-refractivity contribution in [3.05, 3.63) is 29.1 Å². The summed E-state index contributed by atoms with van der Waals surface area (Å²) in [7, 11) is 1.74. The van der Waals surface area contributed by atoms with E-state index in [1.165, 1.54) is 41.3 Å². The highest BCUT2D eigenvalue weighted by Gasteiger charge is 2.35. The van der Waals surface area contributed by atoms with Gasteiger partial charge in [-0.1, -0.05) is 18.9 Å². The maximum Gasteiger partial charge on any atom is 0.136 e. The van der Waals surface area contributed by atoms with Gasteiger partial charge in [0, 0.05) is 17.3 Å². The number of fused-ring (bicyclic) bond motifs is 1. The summed E-state index contributed by atoms with van der Waals surface area (Å²) in [5.74, 6) is 0.980. The summed E-state index contributed by atoms with van der Waals surface area (Å²) in [6, 6.07) is 6.55. The van der Waals surface area contributed by atoms with E-state index in [0.717, 1.165) is 12.3 Å². The summed E-state index contributed by atoms with van der Waals surface area (Å²) in [5.41, 5.74) is 7.73. The minimum Gasteiger partial charge on any atom is -0.495 e. The normalized spacial score (nSPS) is 18.3. The zero-order chi connectivity index (χ0) is 12.6. The van der Waals surface area contributed by atoms with Crippen LogP contribution < -0.4 is 10.5 Å². The smallest absolute Gasteiger partial charge is 0.136 e. The lowest BCUT2D eigenvalue weighted by atomic mass is 9.77. The van der Waals surface area contributed by atoms with Crippen molar-refractivity contribution in [2.24, 2.45) is 5.73 Å². The predicted molar refractivity (Wildman–Crippen MR) is 77.6 cm³/mol. The molecule has 2 nitrogen and oxygen atoms in total. The minimum atomic E-state index is 0.200. The molecule has 0 bridgehead atoms. The Hall–Kier alpha value is -1.06. The second kappa shape index (κ2) is 4.56. The van der Waals surface area contributed by atoms with Gasteiger partial charge in [-0.05, 0) is 35.9 Å². The molecule has 3 rings (SSSR count). The Morgan fingerprint density at radius 1 is 1.28 bits per heavy atom. The van der Waals surface area contributed by atoms with E-state index in [0.29, 0.717) is 0 Å². The number of rotatable bonds is 3. The minimum absolute atomic E-state index is 0.200. The average Bonchev–Trinajstić information content (AvgIpc) is 3.07. The van der Waals surface area contributed by atoms with E-state index >= 15 is 0 Å². The Kier molecular flexibility index (Phi) is 3.04. The standard InChI is InChI=1S/C15H19NOS/c1-17-13-5-4-12(11-6-9-18-14(11)13)15(10-16)7-2-3-8-15/h4-6,9H,2-3,7-8,10,16H2,1H3. The van der Waals surface area contributed by atoms with E-state index in [1.54, 1.807) is 18.4 Å². The number of thiophene rings is 1. The Labute approximate surface area is 112 Å². The second-order valence-electron chi connectivity index (χ2n) is 5.17. The quantitative estimate of drug-likeness (QED) is 0.914. The van der Waals surface area contributed by atoms with Gasteiger partial charge in [0.15, 0.2) is 0 Å². The molecule has 0 saturated heterocycles. The molecule has 0 radical (unpaired) electrons. The molecule has 1 fully saturated rings. The fourth-order valence-electron chi connectivity index (χ4n) is 3.30. The molecule has 96 valence electrons. The van der Waals surface area contributed by atoms with Gasteiger partial charge in [-0.15, -0.1) is 11.3 Å². The molecule has 0 aliphatic heterocycles. The molecule has 1 aliphatic carbocycles. The van der Waals surface area contributed by atoms with E-state index in [2.05, 4.69) is 23.6 Å². The molecule has 1 heterocycles. The van der Waals surface area contributed by atoms with Crippen molar-refractivity contribution < 1.29 is 4.74 Å². The van der Waals surface area contributed by atoms with E-state index in [1.807, 2.05) is 0 Å². The van der Waals surface area contributed by atoms with Gasteiger partial charge in [0.2, 0.25) is 0 Å². The lowest BCUT2D eigenvalue weighted by molar-refractivity contribution is 0.419. The Bertz CT molecular complexity index is 555. The highest BCUT2D eigenvalue weighted by atomic mass is 32.1. The largest absolute Gasteiger partial charge is 0.495 e. The number of nitrogens with two attached hydrogens (primary N) is 1. The van der Waals surface area contributed by atoms with Crippen molar-refractivity contribution in [3.63, 3.8) is 0 Å². The van der Waals surface area contributed by atoms with Crippen LogP contribution in [0.3, 0.4) is 0 Å². The third-order valence-electron chi connectivity index (χ3n) is 4.32. The summed E-state index contributed by atoms with van der Waals surface area (Å²) < 4.78 is 6.71. The van der Waals surface area contributed by atoms with Crippen LogP contribution in [0.1, 0.15) is 31.2 Å². The highest BCUT2D eigenvalue weighted by molar-refractivity contribution is 7.17. The van der Waals surface area contributed by atoms with Crippen LogP contribution in [0, 0.1) is 0 Å². The molecule has 0 atom stereocenters. The van der Waals surface area contributed by atoms with Crippen LogP contribution in [0.5, 0.6) is 5.75 Å². The molecule has 1 aromatic carbocycles. The second-order valence-corrected chi connectivity index (χ2v) is 6.09. The van der Waals surface area contributed by atoms with Crippen LogP contribution in [0.4, 0.5) is 0 Å². The molecular weight excluding hydrogens is 242 g/mol. The number of benzene rings is 1. The molecule has 1 aliphatic rings. The average molecular weight is 261 g/mol. The molecule has 1 saturated carbocycles. The zero-order valence-electron chi connectivity index (χ0n) is 10.7. The summed E-state index contributed by atoms with van der Waals surface area (Å²) >= 11 is 1.75. The molecule has 1 aromatic heterocycles. The third-order valence-corrected chi connectivity index (χ3v) is 5.25. The number of methoxy groups -OCH3 is 1. The van der Waals surface area contributed by atoms with Gasteiger partial charge in [0.1, 0.15) is 5.75 Å². The molecular formula is C15H19NOS. The van der Waals surface area contributed by atoms with Crippen molar-refractivity contribution in [2.45, 2.75) is 31.1 Å². The van der Waals surface area contributed by atoms with Gasteiger partial charge < -0.3 is 10.5 Å². The van der Waals surface area contributed by atoms with Crippen LogP contribution in [-0.4, -0.2) is 13.7 Å². The van der Waals surface area contributed by atoms with E-state index in [-0.39, 0.29) is 5.41 Å². The van der Waals surface area contributed by atoms with Gasteiger partial charge in [0.05, 0.1) is 11.8 Å².